The minimum atomic E-state index is -4.56. The van der Waals surface area contributed by atoms with E-state index < -0.39 is 29.4 Å². The van der Waals surface area contributed by atoms with Crippen LogP contribution in [-0.2, 0) is 15.7 Å². The van der Waals surface area contributed by atoms with E-state index in [9.17, 15) is 22.8 Å². The highest BCUT2D eigenvalue weighted by Crippen LogP contribution is 2.40. The minimum Gasteiger partial charge on any atom is -0.484 e. The van der Waals surface area contributed by atoms with Gasteiger partial charge in [0.1, 0.15) is 34.9 Å². The first-order chi connectivity index (χ1) is 23.1. The van der Waals surface area contributed by atoms with E-state index in [0.29, 0.717) is 30.0 Å². The third kappa shape index (κ3) is 8.49. The molecule has 1 aliphatic rings. The number of allylic oxidation sites excluding steroid dienone is 1. The van der Waals surface area contributed by atoms with Crippen molar-refractivity contribution < 1.29 is 37.0 Å². The predicted molar refractivity (Wildman–Crippen MR) is 183 cm³/mol. The quantitative estimate of drug-likeness (QED) is 0.170. The molecule has 0 aliphatic carbocycles. The molecule has 0 bridgehead atoms. The van der Waals surface area contributed by atoms with Crippen molar-refractivity contribution in [1.82, 2.24) is 19.8 Å². The van der Waals surface area contributed by atoms with Crippen molar-refractivity contribution in [2.24, 2.45) is 4.99 Å². The summed E-state index contributed by atoms with van der Waals surface area (Å²) in [6.07, 6.45) is 0.101. The Bertz CT molecular complexity index is 1890. The van der Waals surface area contributed by atoms with Crippen molar-refractivity contribution in [2.75, 3.05) is 27.2 Å². The van der Waals surface area contributed by atoms with E-state index in [4.69, 9.17) is 14.2 Å². The van der Waals surface area contributed by atoms with E-state index >= 15 is 0 Å². The first-order valence-corrected chi connectivity index (χ1v) is 16.4. The van der Waals surface area contributed by atoms with Gasteiger partial charge in [-0.25, -0.2) is 14.6 Å². The fraction of sp³-hybridized carbons (Fsp3) is 0.371. The summed E-state index contributed by atoms with van der Waals surface area (Å²) < 4.78 is 59.1. The molecule has 2 aromatic heterocycles. The smallest absolute Gasteiger partial charge is 0.416 e. The minimum absolute atomic E-state index is 0.0485. The Balaban J connectivity index is 1.28. The first kappa shape index (κ1) is 35.6. The van der Waals surface area contributed by atoms with Crippen LogP contribution in [0.5, 0.6) is 5.75 Å². The lowest BCUT2D eigenvalue weighted by Gasteiger charge is -2.25. The van der Waals surface area contributed by atoms with E-state index in [-0.39, 0.29) is 28.4 Å². The van der Waals surface area contributed by atoms with Gasteiger partial charge in [0.15, 0.2) is 4.88 Å². The SMILES string of the molecule is COC(=O)c1sc(-n2cnc3cc(C4=CCC(NCCN(C)C(=O)OC(C)(C)C)N=C4)ccc32)cc1O[C@H](C)c1ccccc1C(F)(F)F. The van der Waals surface area contributed by atoms with Crippen molar-refractivity contribution in [3.8, 4) is 10.8 Å². The number of rotatable bonds is 10. The molecule has 1 amide bonds. The molecule has 1 unspecified atom stereocenters. The summed E-state index contributed by atoms with van der Waals surface area (Å²) in [7, 11) is 2.93. The summed E-state index contributed by atoms with van der Waals surface area (Å²) >= 11 is 1.09. The monoisotopic (exact) mass is 697 g/mol. The normalized spacial score (nSPS) is 15.5. The Kier molecular flexibility index (Phi) is 10.5. The highest BCUT2D eigenvalue weighted by Gasteiger charge is 2.35. The Morgan fingerprint density at radius 3 is 2.57 bits per heavy atom. The van der Waals surface area contributed by atoms with Gasteiger partial charge in [-0.1, -0.05) is 30.3 Å². The number of aromatic nitrogens is 2. The number of halogens is 3. The van der Waals surface area contributed by atoms with Crippen LogP contribution in [-0.4, -0.2) is 71.7 Å². The van der Waals surface area contributed by atoms with Crippen LogP contribution in [0.15, 0.2) is 65.9 Å². The number of dihydropyridines is 1. The van der Waals surface area contributed by atoms with Gasteiger partial charge in [0.05, 0.1) is 23.7 Å². The van der Waals surface area contributed by atoms with E-state index in [1.54, 1.807) is 30.2 Å². The van der Waals surface area contributed by atoms with Crippen molar-refractivity contribution in [3.05, 3.63) is 82.5 Å². The number of methoxy groups -OCH3 is 1. The molecule has 0 saturated heterocycles. The molecule has 2 atom stereocenters. The number of benzene rings is 2. The number of nitrogens with one attached hydrogen (secondary N) is 1. The maximum absolute atomic E-state index is 13.7. The molecule has 10 nitrogen and oxygen atoms in total. The second-order valence-electron chi connectivity index (χ2n) is 12.5. The zero-order valence-corrected chi connectivity index (χ0v) is 28.8. The number of nitrogens with zero attached hydrogens (tertiary/aromatic N) is 4. The largest absolute Gasteiger partial charge is 0.484 e. The summed E-state index contributed by atoms with van der Waals surface area (Å²) in [6.45, 7) is 8.02. The molecule has 49 heavy (non-hydrogen) atoms. The van der Waals surface area contributed by atoms with Crippen molar-refractivity contribution in [3.63, 3.8) is 0 Å². The maximum atomic E-state index is 13.7. The zero-order chi connectivity index (χ0) is 35.5. The molecular formula is C35H38F3N5O5S. The van der Waals surface area contributed by atoms with Gasteiger partial charge in [-0.2, -0.15) is 13.2 Å². The third-order valence-corrected chi connectivity index (χ3v) is 8.76. The molecule has 14 heteroatoms. The maximum Gasteiger partial charge on any atom is 0.416 e. The topological polar surface area (TPSA) is 107 Å². The Morgan fingerprint density at radius 1 is 1.14 bits per heavy atom. The van der Waals surface area contributed by atoms with Crippen molar-refractivity contribution >= 4 is 46.2 Å². The fourth-order valence-corrected chi connectivity index (χ4v) is 6.21. The molecule has 0 fully saturated rings. The van der Waals surface area contributed by atoms with Gasteiger partial charge >= 0.3 is 18.2 Å². The van der Waals surface area contributed by atoms with Crippen LogP contribution >= 0.6 is 11.3 Å². The van der Waals surface area contributed by atoms with Crippen molar-refractivity contribution in [1.29, 1.82) is 0 Å². The van der Waals surface area contributed by atoms with Gasteiger partial charge in [-0.05, 0) is 57.0 Å². The van der Waals surface area contributed by atoms with Crippen molar-refractivity contribution in [2.45, 2.75) is 58.2 Å². The summed E-state index contributed by atoms with van der Waals surface area (Å²) in [5.74, 6) is -0.557. The zero-order valence-electron chi connectivity index (χ0n) is 28.0. The Hall–Kier alpha value is -4.69. The molecule has 260 valence electrons. The fourth-order valence-electron chi connectivity index (χ4n) is 5.22. The van der Waals surface area contributed by atoms with Crippen LogP contribution < -0.4 is 10.1 Å². The standard InChI is InChI=1S/C35H38F3N5O5S/c1-21(24-9-7-8-10-25(24)35(36,37)38)47-28-18-30(49-31(28)32(44)46-6)43-20-41-26-17-22(11-13-27(26)43)23-12-14-29(40-19-23)39-15-16-42(5)33(45)48-34(2,3)4/h7-13,17-21,29,39H,14-16H2,1-6H3/t21-,29?/m1/s1. The number of alkyl halides is 3. The number of carbonyl (C=O) groups excluding carboxylic acids is 2. The average molecular weight is 698 g/mol. The first-order valence-electron chi connectivity index (χ1n) is 15.6. The van der Waals surface area contributed by atoms with Crippen LogP contribution in [0.4, 0.5) is 18.0 Å². The number of aliphatic imine (C=N–C) groups is 1. The third-order valence-electron chi connectivity index (χ3n) is 7.67. The van der Waals surface area contributed by atoms with E-state index in [1.807, 2.05) is 39.0 Å². The summed E-state index contributed by atoms with van der Waals surface area (Å²) in [5, 5.41) is 3.92. The van der Waals surface area contributed by atoms with Crippen LogP contribution in [0.3, 0.4) is 0 Å². The molecule has 4 aromatic rings. The second-order valence-corrected chi connectivity index (χ2v) is 13.5. The molecule has 0 radical (unpaired) electrons. The molecule has 1 N–H and O–H groups in total. The van der Waals surface area contributed by atoms with E-state index in [2.05, 4.69) is 21.4 Å². The molecule has 3 heterocycles. The number of esters is 1. The summed E-state index contributed by atoms with van der Waals surface area (Å²) in [4.78, 5) is 35.7. The lowest BCUT2D eigenvalue weighted by atomic mass is 10.0. The van der Waals surface area contributed by atoms with Gasteiger partial charge in [0.25, 0.3) is 0 Å². The number of likely N-dealkylation sites (N-methyl/N-ethyl adjacent to an activating group) is 1. The van der Waals surface area contributed by atoms with E-state index in [0.717, 1.165) is 34.1 Å². The number of hydrogen-bond donors (Lipinski definition) is 1. The highest BCUT2D eigenvalue weighted by atomic mass is 32.1. The molecular weight excluding hydrogens is 659 g/mol. The van der Waals surface area contributed by atoms with Crippen LogP contribution in [0.2, 0.25) is 0 Å². The summed E-state index contributed by atoms with van der Waals surface area (Å²) in [5.41, 5.74) is 1.91. The van der Waals surface area contributed by atoms with Gasteiger partial charge < -0.3 is 19.1 Å². The predicted octanol–water partition coefficient (Wildman–Crippen LogP) is 7.67. The Labute approximate surface area is 286 Å². The number of thiophene rings is 1. The second kappa shape index (κ2) is 14.4. The number of fused-ring (bicyclic) bond motifs is 1. The Morgan fingerprint density at radius 2 is 1.90 bits per heavy atom. The lowest BCUT2D eigenvalue weighted by Crippen LogP contribution is -2.40. The van der Waals surface area contributed by atoms with Gasteiger partial charge in [0, 0.05) is 44.4 Å². The van der Waals surface area contributed by atoms with Crippen LogP contribution in [0, 0.1) is 0 Å². The van der Waals surface area contributed by atoms with Gasteiger partial charge in [0.2, 0.25) is 0 Å². The number of carbonyl (C=O) groups is 2. The number of imidazole rings is 1. The molecule has 0 spiro atoms. The molecule has 1 aliphatic heterocycles. The number of ether oxygens (including phenoxy) is 3. The number of amides is 1. The highest BCUT2D eigenvalue weighted by molar-refractivity contribution is 7.16. The molecule has 0 saturated carbocycles. The summed E-state index contributed by atoms with van der Waals surface area (Å²) in [6, 6.07) is 12.6. The lowest BCUT2D eigenvalue weighted by molar-refractivity contribution is -0.139. The molecule has 2 aromatic carbocycles. The van der Waals surface area contributed by atoms with Gasteiger partial charge in [-0.3, -0.25) is 14.9 Å². The van der Waals surface area contributed by atoms with Crippen LogP contribution in [0.25, 0.3) is 21.6 Å². The van der Waals surface area contributed by atoms with Gasteiger partial charge in [-0.15, -0.1) is 11.3 Å². The van der Waals surface area contributed by atoms with Crippen LogP contribution in [0.1, 0.15) is 66.6 Å². The average Bonchev–Trinajstić information content (AvgIpc) is 3.67. The number of hydrogen-bond acceptors (Lipinski definition) is 9. The molecule has 5 rings (SSSR count). The van der Waals surface area contributed by atoms with E-state index in [1.165, 1.54) is 37.1 Å².